The van der Waals surface area contributed by atoms with Crippen LogP contribution >= 0.6 is 11.6 Å². The van der Waals surface area contributed by atoms with Gasteiger partial charge in [-0.25, -0.2) is 0 Å². The Hall–Kier alpha value is -2.53. The Kier molecular flexibility index (Phi) is 5.78. The molecule has 0 spiro atoms. The van der Waals surface area contributed by atoms with Gasteiger partial charge in [0.05, 0.1) is 13.5 Å². The van der Waals surface area contributed by atoms with Gasteiger partial charge < -0.3 is 14.5 Å². The molecule has 0 unspecified atom stereocenters. The van der Waals surface area contributed by atoms with E-state index in [-0.39, 0.29) is 11.8 Å². The molecule has 0 aromatic heterocycles. The highest BCUT2D eigenvalue weighted by Gasteiger charge is 2.25. The first-order chi connectivity index (χ1) is 12.6. The highest BCUT2D eigenvalue weighted by Crippen LogP contribution is 2.19. The molecule has 1 fully saturated rings. The van der Waals surface area contributed by atoms with Crippen LogP contribution in [0.15, 0.2) is 48.5 Å². The monoisotopic (exact) mass is 372 g/mol. The number of methoxy groups -OCH3 is 1. The molecule has 26 heavy (non-hydrogen) atoms. The summed E-state index contributed by atoms with van der Waals surface area (Å²) in [7, 11) is 1.60. The van der Waals surface area contributed by atoms with Crippen molar-refractivity contribution in [2.75, 3.05) is 33.3 Å². The van der Waals surface area contributed by atoms with E-state index in [4.69, 9.17) is 16.3 Å². The minimum absolute atomic E-state index is 0.0292. The van der Waals surface area contributed by atoms with E-state index in [9.17, 15) is 9.59 Å². The summed E-state index contributed by atoms with van der Waals surface area (Å²) in [5.74, 6) is 0.740. The van der Waals surface area contributed by atoms with E-state index < -0.39 is 0 Å². The zero-order valence-electron chi connectivity index (χ0n) is 14.7. The summed E-state index contributed by atoms with van der Waals surface area (Å²) in [5.41, 5.74) is 1.49. The number of ether oxygens (including phenoxy) is 1. The maximum absolute atomic E-state index is 12.6. The van der Waals surface area contributed by atoms with Gasteiger partial charge >= 0.3 is 0 Å². The fraction of sp³-hybridized carbons (Fsp3) is 0.300. The third kappa shape index (κ3) is 4.17. The Bertz CT molecular complexity index is 784. The van der Waals surface area contributed by atoms with Crippen molar-refractivity contribution >= 4 is 23.4 Å². The lowest BCUT2D eigenvalue weighted by Crippen LogP contribution is -2.51. The van der Waals surface area contributed by atoms with Crippen molar-refractivity contribution in [2.45, 2.75) is 6.42 Å². The number of nitrogens with zero attached hydrogens (tertiary/aromatic N) is 2. The van der Waals surface area contributed by atoms with Crippen molar-refractivity contribution in [3.8, 4) is 5.75 Å². The van der Waals surface area contributed by atoms with E-state index in [2.05, 4.69) is 0 Å². The smallest absolute Gasteiger partial charge is 0.253 e. The maximum Gasteiger partial charge on any atom is 0.253 e. The Morgan fingerprint density at radius 3 is 2.23 bits per heavy atom. The second kappa shape index (κ2) is 8.23. The van der Waals surface area contributed by atoms with Gasteiger partial charge in [-0.3, -0.25) is 9.59 Å². The van der Waals surface area contributed by atoms with Crippen LogP contribution in [0.25, 0.3) is 0 Å². The third-order valence-electron chi connectivity index (χ3n) is 4.54. The Balaban J connectivity index is 1.57. The van der Waals surface area contributed by atoms with Crippen LogP contribution in [-0.2, 0) is 11.2 Å². The number of carbonyl (C=O) groups is 2. The summed E-state index contributed by atoms with van der Waals surface area (Å²) in [6, 6.07) is 14.4. The molecule has 136 valence electrons. The second-order valence-corrected chi connectivity index (χ2v) is 6.60. The standard InChI is InChI=1S/C20H21ClN2O3/c1-26-18-5-3-2-4-16(18)14-19(24)22-10-12-23(13-11-22)20(25)15-6-8-17(21)9-7-15/h2-9H,10-14H2,1H3. The molecular weight excluding hydrogens is 352 g/mol. The molecule has 1 saturated heterocycles. The third-order valence-corrected chi connectivity index (χ3v) is 4.80. The van der Waals surface area contributed by atoms with Crippen molar-refractivity contribution in [2.24, 2.45) is 0 Å². The molecule has 0 aliphatic carbocycles. The van der Waals surface area contributed by atoms with E-state index in [0.717, 1.165) is 11.3 Å². The lowest BCUT2D eigenvalue weighted by atomic mass is 10.1. The molecule has 1 aliphatic heterocycles. The summed E-state index contributed by atoms with van der Waals surface area (Å²) >= 11 is 5.87. The molecule has 0 atom stereocenters. The number of para-hydroxylation sites is 1. The number of hydrogen-bond acceptors (Lipinski definition) is 3. The maximum atomic E-state index is 12.6. The van der Waals surface area contributed by atoms with Gasteiger partial charge in [0.1, 0.15) is 5.75 Å². The molecule has 1 heterocycles. The van der Waals surface area contributed by atoms with Gasteiger partial charge in [0.25, 0.3) is 5.91 Å². The molecule has 5 nitrogen and oxygen atoms in total. The zero-order valence-corrected chi connectivity index (χ0v) is 15.4. The summed E-state index contributed by atoms with van der Waals surface area (Å²) in [6.45, 7) is 2.12. The Morgan fingerprint density at radius 2 is 1.58 bits per heavy atom. The van der Waals surface area contributed by atoms with E-state index >= 15 is 0 Å². The highest BCUT2D eigenvalue weighted by atomic mass is 35.5. The van der Waals surface area contributed by atoms with Crippen molar-refractivity contribution < 1.29 is 14.3 Å². The molecule has 1 aliphatic rings. The van der Waals surface area contributed by atoms with Gasteiger partial charge in [-0.2, -0.15) is 0 Å². The van der Waals surface area contributed by atoms with Gasteiger partial charge in [-0.1, -0.05) is 29.8 Å². The largest absolute Gasteiger partial charge is 0.496 e. The molecule has 2 aromatic rings. The molecule has 0 radical (unpaired) electrons. The van der Waals surface area contributed by atoms with Crippen molar-refractivity contribution in [3.05, 3.63) is 64.7 Å². The summed E-state index contributed by atoms with van der Waals surface area (Å²) in [6.07, 6.45) is 0.301. The van der Waals surface area contributed by atoms with Crippen molar-refractivity contribution in [3.63, 3.8) is 0 Å². The summed E-state index contributed by atoms with van der Waals surface area (Å²) in [4.78, 5) is 28.7. The number of hydrogen-bond donors (Lipinski definition) is 0. The van der Waals surface area contributed by atoms with Crippen LogP contribution in [0.4, 0.5) is 0 Å². The normalized spacial score (nSPS) is 14.2. The predicted octanol–water partition coefficient (Wildman–Crippen LogP) is 2.88. The van der Waals surface area contributed by atoms with E-state index in [1.54, 1.807) is 41.2 Å². The SMILES string of the molecule is COc1ccccc1CC(=O)N1CCN(C(=O)c2ccc(Cl)cc2)CC1. The van der Waals surface area contributed by atoms with E-state index in [1.807, 2.05) is 24.3 Å². The van der Waals surface area contributed by atoms with Crippen LogP contribution in [0.2, 0.25) is 5.02 Å². The van der Waals surface area contributed by atoms with Crippen LogP contribution in [0, 0.1) is 0 Å². The average molecular weight is 373 g/mol. The number of piperazine rings is 1. The minimum Gasteiger partial charge on any atom is -0.496 e. The van der Waals surface area contributed by atoms with Crippen LogP contribution in [0.5, 0.6) is 5.75 Å². The average Bonchev–Trinajstić information content (AvgIpc) is 2.68. The second-order valence-electron chi connectivity index (χ2n) is 6.17. The minimum atomic E-state index is -0.0292. The predicted molar refractivity (Wildman–Crippen MR) is 101 cm³/mol. The van der Waals surface area contributed by atoms with Gasteiger partial charge in [0, 0.05) is 42.3 Å². The van der Waals surface area contributed by atoms with E-state index in [0.29, 0.717) is 43.2 Å². The Morgan fingerprint density at radius 1 is 0.962 bits per heavy atom. The summed E-state index contributed by atoms with van der Waals surface area (Å²) < 4.78 is 5.31. The van der Waals surface area contributed by atoms with Crippen molar-refractivity contribution in [1.29, 1.82) is 0 Å². The molecule has 2 amide bonds. The van der Waals surface area contributed by atoms with Gasteiger partial charge in [0.2, 0.25) is 5.91 Å². The van der Waals surface area contributed by atoms with Crippen LogP contribution in [0.3, 0.4) is 0 Å². The molecule has 6 heteroatoms. The highest BCUT2D eigenvalue weighted by molar-refractivity contribution is 6.30. The lowest BCUT2D eigenvalue weighted by Gasteiger charge is -2.35. The first-order valence-corrected chi connectivity index (χ1v) is 8.91. The number of rotatable bonds is 4. The lowest BCUT2D eigenvalue weighted by molar-refractivity contribution is -0.131. The van der Waals surface area contributed by atoms with E-state index in [1.165, 1.54) is 0 Å². The fourth-order valence-electron chi connectivity index (χ4n) is 3.06. The quantitative estimate of drug-likeness (QED) is 0.829. The zero-order chi connectivity index (χ0) is 18.5. The molecular formula is C20H21ClN2O3. The summed E-state index contributed by atoms with van der Waals surface area (Å²) in [5, 5.41) is 0.605. The van der Waals surface area contributed by atoms with Crippen LogP contribution < -0.4 is 4.74 Å². The molecule has 0 saturated carbocycles. The topological polar surface area (TPSA) is 49.9 Å². The molecule has 3 rings (SSSR count). The fourth-order valence-corrected chi connectivity index (χ4v) is 3.18. The van der Waals surface area contributed by atoms with Crippen molar-refractivity contribution in [1.82, 2.24) is 9.80 Å². The number of halogens is 1. The number of carbonyl (C=O) groups excluding carboxylic acids is 2. The number of benzene rings is 2. The van der Waals surface area contributed by atoms with Crippen LogP contribution in [-0.4, -0.2) is 54.9 Å². The molecule has 0 N–H and O–H groups in total. The van der Waals surface area contributed by atoms with Gasteiger partial charge in [-0.05, 0) is 30.3 Å². The molecule has 2 aromatic carbocycles. The number of amides is 2. The van der Waals surface area contributed by atoms with Gasteiger partial charge in [-0.15, -0.1) is 0 Å². The van der Waals surface area contributed by atoms with Gasteiger partial charge in [0.15, 0.2) is 0 Å². The van der Waals surface area contributed by atoms with Crippen LogP contribution in [0.1, 0.15) is 15.9 Å². The first-order valence-electron chi connectivity index (χ1n) is 8.53. The molecule has 0 bridgehead atoms. The Labute approximate surface area is 158 Å². The first kappa shape index (κ1) is 18.3.